The Morgan fingerprint density at radius 3 is 2.52 bits per heavy atom. The first kappa shape index (κ1) is 16.9. The smallest absolute Gasteiger partial charge is 0.164 e. The molecular weight excluding hydrogens is 317 g/mol. The molecule has 4 nitrogen and oxygen atoms in total. The van der Waals surface area contributed by atoms with E-state index in [0.717, 1.165) is 22.6 Å². The van der Waals surface area contributed by atoms with Crippen LogP contribution in [0.2, 0.25) is 0 Å². The summed E-state index contributed by atoms with van der Waals surface area (Å²) in [6, 6.07) is 14.5. The second-order valence-corrected chi connectivity index (χ2v) is 5.97. The normalized spacial score (nSPS) is 10.7. The maximum atomic E-state index is 13.9. The molecule has 1 heterocycles. The van der Waals surface area contributed by atoms with Crippen molar-refractivity contribution in [1.82, 2.24) is 9.78 Å². The molecule has 0 saturated carbocycles. The summed E-state index contributed by atoms with van der Waals surface area (Å²) in [5.41, 5.74) is 4.52. The Morgan fingerprint density at radius 1 is 1.12 bits per heavy atom. The van der Waals surface area contributed by atoms with Gasteiger partial charge in [0.05, 0.1) is 16.9 Å². The van der Waals surface area contributed by atoms with Gasteiger partial charge in [0, 0.05) is 23.5 Å². The maximum Gasteiger partial charge on any atom is 0.164 e. The molecule has 5 heteroatoms. The molecule has 128 valence electrons. The largest absolute Gasteiger partial charge is 0.380 e. The molecule has 0 aliphatic heterocycles. The first-order valence-corrected chi connectivity index (χ1v) is 8.13. The van der Waals surface area contributed by atoms with Crippen LogP contribution in [-0.4, -0.2) is 15.6 Å². The molecule has 0 aliphatic carbocycles. The fourth-order valence-electron chi connectivity index (χ4n) is 2.96. The van der Waals surface area contributed by atoms with Crippen LogP contribution in [0.4, 0.5) is 10.1 Å². The molecule has 0 aliphatic rings. The number of aryl methyl sites for hydroxylation is 1. The number of hydrogen-bond donors (Lipinski definition) is 1. The number of carbonyl (C=O) groups is 1. The van der Waals surface area contributed by atoms with Crippen LogP contribution in [0.3, 0.4) is 0 Å². The van der Waals surface area contributed by atoms with E-state index in [4.69, 9.17) is 0 Å². The Bertz CT molecular complexity index is 916. The summed E-state index contributed by atoms with van der Waals surface area (Å²) in [6.45, 7) is 5.78. The average Bonchev–Trinajstić information content (AvgIpc) is 2.87. The van der Waals surface area contributed by atoms with E-state index in [1.54, 1.807) is 12.1 Å². The zero-order chi connectivity index (χ0) is 18.0. The van der Waals surface area contributed by atoms with Crippen LogP contribution < -0.4 is 5.32 Å². The molecule has 3 aromatic rings. The third-order valence-electron chi connectivity index (χ3n) is 4.26. The number of nitrogens with zero attached hydrogens (tertiary/aromatic N) is 2. The van der Waals surface area contributed by atoms with E-state index in [1.165, 1.54) is 13.0 Å². The number of hydrogen-bond acceptors (Lipinski definition) is 3. The summed E-state index contributed by atoms with van der Waals surface area (Å²) in [5.74, 6) is -0.806. The number of nitrogens with one attached hydrogen (secondary N) is 1. The van der Waals surface area contributed by atoms with Gasteiger partial charge in [0.15, 0.2) is 5.78 Å². The Kier molecular flexibility index (Phi) is 4.65. The van der Waals surface area contributed by atoms with Crippen LogP contribution in [0, 0.1) is 19.7 Å². The van der Waals surface area contributed by atoms with Crippen molar-refractivity contribution in [3.63, 3.8) is 0 Å². The quantitative estimate of drug-likeness (QED) is 0.700. The topological polar surface area (TPSA) is 46.9 Å². The Labute approximate surface area is 146 Å². The monoisotopic (exact) mass is 337 g/mol. The Morgan fingerprint density at radius 2 is 1.84 bits per heavy atom. The first-order valence-electron chi connectivity index (χ1n) is 8.13. The summed E-state index contributed by atoms with van der Waals surface area (Å²) >= 11 is 0. The number of aromatic nitrogens is 2. The van der Waals surface area contributed by atoms with Crippen molar-refractivity contribution in [1.29, 1.82) is 0 Å². The van der Waals surface area contributed by atoms with E-state index in [1.807, 2.05) is 48.9 Å². The zero-order valence-corrected chi connectivity index (χ0v) is 14.5. The van der Waals surface area contributed by atoms with E-state index in [9.17, 15) is 9.18 Å². The highest BCUT2D eigenvalue weighted by atomic mass is 19.1. The number of halogens is 1. The SMILES string of the molecule is CC(=O)c1c(F)cccc1NCc1c(C)nn(-c2ccccc2)c1C. The molecule has 0 unspecified atom stereocenters. The molecule has 0 fully saturated rings. The lowest BCUT2D eigenvalue weighted by Crippen LogP contribution is -2.08. The van der Waals surface area contributed by atoms with Gasteiger partial charge in [0.1, 0.15) is 5.82 Å². The second-order valence-electron chi connectivity index (χ2n) is 5.97. The van der Waals surface area contributed by atoms with Crippen LogP contribution >= 0.6 is 0 Å². The van der Waals surface area contributed by atoms with E-state index in [2.05, 4.69) is 10.4 Å². The van der Waals surface area contributed by atoms with Gasteiger partial charge in [-0.2, -0.15) is 5.10 Å². The summed E-state index contributed by atoms with van der Waals surface area (Å²) in [6.07, 6.45) is 0. The predicted molar refractivity (Wildman–Crippen MR) is 96.8 cm³/mol. The molecule has 0 bridgehead atoms. The number of ketones is 1. The number of rotatable bonds is 5. The van der Waals surface area contributed by atoms with Crippen molar-refractivity contribution in [2.45, 2.75) is 27.3 Å². The molecule has 3 rings (SSSR count). The minimum absolute atomic E-state index is 0.0910. The van der Waals surface area contributed by atoms with Gasteiger partial charge in [-0.15, -0.1) is 0 Å². The van der Waals surface area contributed by atoms with Gasteiger partial charge in [0.2, 0.25) is 0 Å². The van der Waals surface area contributed by atoms with Crippen molar-refractivity contribution < 1.29 is 9.18 Å². The lowest BCUT2D eigenvalue weighted by molar-refractivity contribution is 0.101. The van der Waals surface area contributed by atoms with Crippen molar-refractivity contribution in [3.8, 4) is 5.69 Å². The molecule has 0 amide bonds. The number of Topliss-reactive ketones (excluding diaryl/α,β-unsaturated/α-hetero) is 1. The van der Waals surface area contributed by atoms with Gasteiger partial charge in [-0.25, -0.2) is 9.07 Å². The maximum absolute atomic E-state index is 13.9. The predicted octanol–water partition coefficient (Wildman–Crippen LogP) is 4.44. The van der Waals surface area contributed by atoms with Gasteiger partial charge < -0.3 is 5.32 Å². The third kappa shape index (κ3) is 3.31. The highest BCUT2D eigenvalue weighted by Crippen LogP contribution is 2.23. The van der Waals surface area contributed by atoms with Crippen molar-refractivity contribution in [2.24, 2.45) is 0 Å². The standard InChI is InChI=1S/C20H20FN3O/c1-13-17(14(2)24(23-13)16-8-5-4-6-9-16)12-22-19-11-7-10-18(21)20(19)15(3)25/h4-11,22H,12H2,1-3H3. The van der Waals surface area contributed by atoms with Crippen LogP contribution in [0.5, 0.6) is 0 Å². The van der Waals surface area contributed by atoms with Crippen LogP contribution in [0.1, 0.15) is 34.2 Å². The van der Waals surface area contributed by atoms with Crippen molar-refractivity contribution in [3.05, 3.63) is 76.9 Å². The summed E-state index contributed by atoms with van der Waals surface area (Å²) in [7, 11) is 0. The van der Waals surface area contributed by atoms with E-state index in [0.29, 0.717) is 12.2 Å². The highest BCUT2D eigenvalue weighted by Gasteiger charge is 2.16. The van der Waals surface area contributed by atoms with E-state index < -0.39 is 5.82 Å². The Balaban J connectivity index is 1.90. The molecule has 0 atom stereocenters. The van der Waals surface area contributed by atoms with Gasteiger partial charge in [-0.05, 0) is 45.0 Å². The van der Waals surface area contributed by atoms with Crippen molar-refractivity contribution >= 4 is 11.5 Å². The van der Waals surface area contributed by atoms with Gasteiger partial charge in [-0.1, -0.05) is 24.3 Å². The Hall–Kier alpha value is -2.95. The molecule has 0 saturated heterocycles. The molecular formula is C20H20FN3O. The van der Waals surface area contributed by atoms with E-state index in [-0.39, 0.29) is 11.3 Å². The van der Waals surface area contributed by atoms with E-state index >= 15 is 0 Å². The van der Waals surface area contributed by atoms with Crippen molar-refractivity contribution in [2.75, 3.05) is 5.32 Å². The molecule has 0 spiro atoms. The molecule has 2 aromatic carbocycles. The summed E-state index contributed by atoms with van der Waals surface area (Å²) in [4.78, 5) is 11.7. The minimum atomic E-state index is -0.508. The van der Waals surface area contributed by atoms with Gasteiger partial charge >= 0.3 is 0 Å². The lowest BCUT2D eigenvalue weighted by atomic mass is 10.1. The third-order valence-corrected chi connectivity index (χ3v) is 4.26. The second kappa shape index (κ2) is 6.89. The fourth-order valence-corrected chi connectivity index (χ4v) is 2.96. The number of benzene rings is 2. The summed E-state index contributed by atoms with van der Waals surface area (Å²) < 4.78 is 15.8. The minimum Gasteiger partial charge on any atom is -0.380 e. The average molecular weight is 337 g/mol. The van der Waals surface area contributed by atoms with Crippen LogP contribution in [-0.2, 0) is 6.54 Å². The fraction of sp³-hybridized carbons (Fsp3) is 0.200. The highest BCUT2D eigenvalue weighted by molar-refractivity contribution is 5.99. The number of carbonyl (C=O) groups excluding carboxylic acids is 1. The molecule has 1 N–H and O–H groups in total. The summed E-state index contributed by atoms with van der Waals surface area (Å²) in [5, 5.41) is 7.79. The van der Waals surface area contributed by atoms with Crippen LogP contribution in [0.25, 0.3) is 5.69 Å². The lowest BCUT2D eigenvalue weighted by Gasteiger charge is -2.11. The number of anilines is 1. The molecule has 0 radical (unpaired) electrons. The molecule has 1 aromatic heterocycles. The first-order chi connectivity index (χ1) is 12.0. The zero-order valence-electron chi connectivity index (χ0n) is 14.5. The van der Waals surface area contributed by atoms with Crippen LogP contribution in [0.15, 0.2) is 48.5 Å². The molecule has 25 heavy (non-hydrogen) atoms. The van der Waals surface area contributed by atoms with Gasteiger partial charge in [-0.3, -0.25) is 4.79 Å². The van der Waals surface area contributed by atoms with Gasteiger partial charge in [0.25, 0.3) is 0 Å². The number of para-hydroxylation sites is 1.